The number of carbonyl (C=O) groups excluding carboxylic acids is 3. The summed E-state index contributed by atoms with van der Waals surface area (Å²) in [4.78, 5) is 38.0. The van der Waals surface area contributed by atoms with Gasteiger partial charge in [-0.1, -0.05) is 0 Å². The summed E-state index contributed by atoms with van der Waals surface area (Å²) in [6.07, 6.45) is 2.53. The first-order valence-electron chi connectivity index (χ1n) is 9.64. The van der Waals surface area contributed by atoms with Gasteiger partial charge in [0.15, 0.2) is 9.84 Å². The number of aromatic amines is 1. The van der Waals surface area contributed by atoms with E-state index in [1.54, 1.807) is 6.07 Å². The van der Waals surface area contributed by atoms with Crippen LogP contribution in [-0.2, 0) is 27.2 Å². The molecule has 0 saturated carbocycles. The molecule has 1 fully saturated rings. The Bertz CT molecular complexity index is 1460. The number of nitriles is 1. The summed E-state index contributed by atoms with van der Waals surface area (Å²) in [6, 6.07) is 6.31. The molecule has 1 saturated heterocycles. The monoisotopic (exact) mass is 485 g/mol. The minimum absolute atomic E-state index is 0.0106. The molecular formula is C20H16FN7O5S. The molecular weight excluding hydrogens is 469 g/mol. The Balaban J connectivity index is 1.51. The molecule has 3 heterocycles. The molecule has 0 unspecified atom stereocenters. The van der Waals surface area contributed by atoms with E-state index in [4.69, 9.17) is 5.26 Å². The molecule has 174 valence electrons. The molecule has 12 nitrogen and oxygen atoms in total. The normalized spacial score (nSPS) is 15.6. The lowest BCUT2D eigenvalue weighted by Crippen LogP contribution is -2.64. The number of aryl methyl sites for hydroxylation is 1. The van der Waals surface area contributed by atoms with Crippen LogP contribution in [0.2, 0.25) is 0 Å². The number of anilines is 1. The Morgan fingerprint density at radius 2 is 2.00 bits per heavy atom. The molecule has 0 aliphatic carbocycles. The van der Waals surface area contributed by atoms with E-state index in [1.165, 1.54) is 36.1 Å². The fourth-order valence-corrected chi connectivity index (χ4v) is 5.49. The molecule has 0 bridgehead atoms. The van der Waals surface area contributed by atoms with E-state index in [1.807, 2.05) is 0 Å². The van der Waals surface area contributed by atoms with Gasteiger partial charge < -0.3 is 15.2 Å². The third-order valence-corrected chi connectivity index (χ3v) is 7.11. The van der Waals surface area contributed by atoms with Gasteiger partial charge in [-0.25, -0.2) is 12.8 Å². The second-order valence-electron chi connectivity index (χ2n) is 7.74. The third kappa shape index (κ3) is 4.16. The van der Waals surface area contributed by atoms with Crippen LogP contribution in [0.5, 0.6) is 0 Å². The van der Waals surface area contributed by atoms with Crippen molar-refractivity contribution in [3.05, 3.63) is 65.0 Å². The number of hydrogen-bond acceptors (Lipinski definition) is 8. The molecule has 3 aromatic rings. The van der Waals surface area contributed by atoms with E-state index in [2.05, 4.69) is 26.0 Å². The minimum Gasteiger partial charge on any atom is -0.346 e. The minimum atomic E-state index is -3.41. The van der Waals surface area contributed by atoms with Crippen molar-refractivity contribution in [1.29, 1.82) is 5.26 Å². The molecule has 1 aromatic carbocycles. The van der Waals surface area contributed by atoms with Crippen molar-refractivity contribution >= 4 is 33.1 Å². The number of aromatic nitrogens is 4. The van der Waals surface area contributed by atoms with Crippen molar-refractivity contribution in [1.82, 2.24) is 25.3 Å². The first-order valence-corrected chi connectivity index (χ1v) is 11.5. The van der Waals surface area contributed by atoms with Crippen LogP contribution in [0.4, 0.5) is 10.1 Å². The summed E-state index contributed by atoms with van der Waals surface area (Å²) in [5, 5.41) is 23.6. The highest BCUT2D eigenvalue weighted by Crippen LogP contribution is 2.32. The van der Waals surface area contributed by atoms with E-state index in [0.717, 1.165) is 12.1 Å². The zero-order chi connectivity index (χ0) is 24.7. The average molecular weight is 485 g/mol. The van der Waals surface area contributed by atoms with E-state index in [9.17, 15) is 27.2 Å². The molecule has 14 heteroatoms. The molecule has 0 radical (unpaired) electrons. The Labute approximate surface area is 191 Å². The van der Waals surface area contributed by atoms with Crippen LogP contribution >= 0.6 is 0 Å². The van der Waals surface area contributed by atoms with Gasteiger partial charge in [-0.2, -0.15) is 20.7 Å². The highest BCUT2D eigenvalue weighted by molar-refractivity contribution is 7.93. The zero-order valence-electron chi connectivity index (χ0n) is 17.5. The quantitative estimate of drug-likeness (QED) is 0.323. The number of amides is 2. The van der Waals surface area contributed by atoms with Crippen molar-refractivity contribution in [3.8, 4) is 6.07 Å². The van der Waals surface area contributed by atoms with Crippen molar-refractivity contribution < 1.29 is 27.2 Å². The van der Waals surface area contributed by atoms with Crippen LogP contribution in [-0.4, -0.2) is 57.5 Å². The number of Topliss-reactive ketones (excluding diaryl/α,β-unsaturated/α-hetero) is 1. The van der Waals surface area contributed by atoms with Gasteiger partial charge in [0.05, 0.1) is 23.3 Å². The largest absolute Gasteiger partial charge is 0.346 e. The van der Waals surface area contributed by atoms with Crippen LogP contribution < -0.4 is 10.6 Å². The van der Waals surface area contributed by atoms with Crippen molar-refractivity contribution in [2.45, 2.75) is 5.54 Å². The number of carbonyl (C=O) groups is 3. The number of nitrogens with zero attached hydrogens (tertiary/aromatic N) is 4. The first kappa shape index (κ1) is 22.8. The SMILES string of the molecule is Cn1cc(C(=O)C(=O)NC2(c3cn[nH]n3)CS(=O)(=O)C2)cc1C(=O)Nc1ccc(F)c(C#N)c1. The van der Waals surface area contributed by atoms with Crippen LogP contribution in [0.25, 0.3) is 0 Å². The number of H-pyrrole nitrogens is 1. The van der Waals surface area contributed by atoms with Gasteiger partial charge in [0.2, 0.25) is 0 Å². The Morgan fingerprint density at radius 3 is 2.62 bits per heavy atom. The molecule has 3 N–H and O–H groups in total. The van der Waals surface area contributed by atoms with Crippen molar-refractivity contribution in [2.24, 2.45) is 7.05 Å². The molecule has 34 heavy (non-hydrogen) atoms. The smallest absolute Gasteiger partial charge is 0.293 e. The van der Waals surface area contributed by atoms with Crippen LogP contribution in [0.1, 0.15) is 32.1 Å². The van der Waals surface area contributed by atoms with Crippen molar-refractivity contribution in [3.63, 3.8) is 0 Å². The van der Waals surface area contributed by atoms with Gasteiger partial charge in [-0.15, -0.1) is 0 Å². The average Bonchev–Trinajstić information content (AvgIpc) is 3.43. The van der Waals surface area contributed by atoms with E-state index >= 15 is 0 Å². The zero-order valence-corrected chi connectivity index (χ0v) is 18.3. The summed E-state index contributed by atoms with van der Waals surface area (Å²) < 4.78 is 38.3. The maximum atomic E-state index is 13.5. The second-order valence-corrected chi connectivity index (χ2v) is 9.80. The van der Waals surface area contributed by atoms with E-state index in [-0.39, 0.29) is 28.2 Å². The number of sulfone groups is 1. The molecule has 2 aromatic heterocycles. The predicted octanol–water partition coefficient (Wildman–Crippen LogP) is 0.0291. The second kappa shape index (κ2) is 8.19. The Morgan fingerprint density at radius 1 is 1.26 bits per heavy atom. The number of nitrogens with one attached hydrogen (secondary N) is 3. The number of halogens is 1. The summed E-state index contributed by atoms with van der Waals surface area (Å²) in [5.41, 5.74) is -1.40. The van der Waals surface area contributed by atoms with Crippen LogP contribution in [0.3, 0.4) is 0 Å². The third-order valence-electron chi connectivity index (χ3n) is 5.24. The molecule has 1 aliphatic rings. The molecule has 4 rings (SSSR count). The topological polar surface area (TPSA) is 180 Å². The fraction of sp³-hybridized carbons (Fsp3) is 0.200. The number of hydrogen-bond donors (Lipinski definition) is 3. The lowest BCUT2D eigenvalue weighted by molar-refractivity contribution is -0.118. The van der Waals surface area contributed by atoms with Crippen LogP contribution in [0.15, 0.2) is 36.7 Å². The van der Waals surface area contributed by atoms with Gasteiger partial charge in [0.25, 0.3) is 17.6 Å². The summed E-state index contributed by atoms with van der Waals surface area (Å²) in [6.45, 7) is 0. The highest BCUT2D eigenvalue weighted by Gasteiger charge is 2.53. The van der Waals surface area contributed by atoms with Crippen molar-refractivity contribution in [2.75, 3.05) is 16.8 Å². The summed E-state index contributed by atoms with van der Waals surface area (Å²) >= 11 is 0. The molecule has 1 aliphatic heterocycles. The summed E-state index contributed by atoms with van der Waals surface area (Å²) in [5.74, 6) is -4.34. The Kier molecular flexibility index (Phi) is 5.49. The van der Waals surface area contributed by atoms with Gasteiger partial charge in [0, 0.05) is 24.5 Å². The van der Waals surface area contributed by atoms with Gasteiger partial charge >= 0.3 is 0 Å². The number of benzene rings is 1. The predicted molar refractivity (Wildman–Crippen MR) is 114 cm³/mol. The first-order chi connectivity index (χ1) is 16.0. The maximum Gasteiger partial charge on any atom is 0.293 e. The molecule has 0 atom stereocenters. The standard InChI is InChI=1S/C20H16FN7O5S/c1-28-8-12(5-15(28)18(30)24-13-2-3-14(21)11(4-13)6-22)17(29)19(31)25-20(9-34(32,33)10-20)16-7-23-27-26-16/h2-5,7-8H,9-10H2,1H3,(H,24,30)(H,25,31)(H,23,26,27). The van der Waals surface area contributed by atoms with Gasteiger partial charge in [-0.05, 0) is 24.3 Å². The van der Waals surface area contributed by atoms with E-state index < -0.39 is 50.3 Å². The van der Waals surface area contributed by atoms with Gasteiger partial charge in [-0.3, -0.25) is 14.4 Å². The maximum absolute atomic E-state index is 13.5. The molecule has 2 amide bonds. The number of ketones is 1. The van der Waals surface area contributed by atoms with Gasteiger partial charge in [0.1, 0.15) is 28.8 Å². The van der Waals surface area contributed by atoms with E-state index in [0.29, 0.717) is 0 Å². The summed E-state index contributed by atoms with van der Waals surface area (Å²) in [7, 11) is -1.93. The lowest BCUT2D eigenvalue weighted by Gasteiger charge is -2.39. The highest BCUT2D eigenvalue weighted by atomic mass is 32.2. The van der Waals surface area contributed by atoms with Crippen LogP contribution in [0, 0.1) is 17.1 Å². The molecule has 0 spiro atoms. The number of rotatable bonds is 6. The lowest BCUT2D eigenvalue weighted by atomic mass is 9.99. The fourth-order valence-electron chi connectivity index (χ4n) is 3.63. The Hall–Kier alpha value is -4.38.